The van der Waals surface area contributed by atoms with Gasteiger partial charge in [-0.05, 0) is 35.2 Å². The topological polar surface area (TPSA) is 75.3 Å². The van der Waals surface area contributed by atoms with E-state index in [0.717, 1.165) is 16.2 Å². The van der Waals surface area contributed by atoms with Crippen molar-refractivity contribution in [1.29, 1.82) is 0 Å². The Labute approximate surface area is 194 Å². The highest BCUT2D eigenvalue weighted by Gasteiger charge is 2.35. The Hall–Kier alpha value is -2.94. The van der Waals surface area contributed by atoms with Crippen LogP contribution in [-0.2, 0) is 9.53 Å². The predicted octanol–water partition coefficient (Wildman–Crippen LogP) is 4.46. The summed E-state index contributed by atoms with van der Waals surface area (Å²) >= 11 is 8.03. The first-order valence-corrected chi connectivity index (χ1v) is 11.3. The number of thiophene rings is 1. The highest BCUT2D eigenvalue weighted by molar-refractivity contribution is 7.12. The standard InChI is InChI=1S/C23H22ClN3O4S/c1-30-12-10-26(23(29)20-8-4-11-31-20)15-22(28)27-19(16-6-2-3-7-17(16)24)14-18(25-27)21-9-5-13-32-21/h2-9,11,13,19H,10,12,14-15H2,1H3. The summed E-state index contributed by atoms with van der Waals surface area (Å²) in [4.78, 5) is 28.7. The molecule has 1 aromatic carbocycles. The van der Waals surface area contributed by atoms with Crippen molar-refractivity contribution in [3.63, 3.8) is 0 Å². The van der Waals surface area contributed by atoms with Gasteiger partial charge in [-0.3, -0.25) is 9.59 Å². The fraction of sp³-hybridized carbons (Fsp3) is 0.261. The number of rotatable bonds is 8. The molecule has 1 aliphatic rings. The maximum Gasteiger partial charge on any atom is 0.290 e. The molecule has 0 bridgehead atoms. The summed E-state index contributed by atoms with van der Waals surface area (Å²) in [6, 6.07) is 14.2. The highest BCUT2D eigenvalue weighted by Crippen LogP contribution is 2.37. The van der Waals surface area contributed by atoms with Crippen molar-refractivity contribution in [1.82, 2.24) is 9.91 Å². The van der Waals surface area contributed by atoms with Crippen LogP contribution in [0, 0.1) is 0 Å². The lowest BCUT2D eigenvalue weighted by atomic mass is 10.0. The average molecular weight is 472 g/mol. The van der Waals surface area contributed by atoms with E-state index in [-0.39, 0.29) is 43.3 Å². The van der Waals surface area contributed by atoms with Crippen LogP contribution in [0.15, 0.2) is 69.7 Å². The fourth-order valence-corrected chi connectivity index (χ4v) is 4.55. The van der Waals surface area contributed by atoms with Crippen LogP contribution in [0.2, 0.25) is 5.02 Å². The molecule has 2 aromatic heterocycles. The lowest BCUT2D eigenvalue weighted by molar-refractivity contribution is -0.133. The molecule has 9 heteroatoms. The van der Waals surface area contributed by atoms with Crippen molar-refractivity contribution in [3.8, 4) is 0 Å². The summed E-state index contributed by atoms with van der Waals surface area (Å²) in [5.74, 6) is -0.519. The van der Waals surface area contributed by atoms with E-state index in [1.165, 1.54) is 16.2 Å². The third-order valence-electron chi connectivity index (χ3n) is 5.15. The Balaban J connectivity index is 1.61. The number of hydrogen-bond acceptors (Lipinski definition) is 6. The van der Waals surface area contributed by atoms with E-state index in [1.54, 1.807) is 36.6 Å². The minimum absolute atomic E-state index is 0.162. The molecular weight excluding hydrogens is 450 g/mol. The first kappa shape index (κ1) is 22.3. The van der Waals surface area contributed by atoms with Crippen molar-refractivity contribution >= 4 is 40.5 Å². The summed E-state index contributed by atoms with van der Waals surface area (Å²) in [6.45, 7) is 0.371. The molecule has 3 aromatic rings. The Kier molecular flexibility index (Phi) is 7.04. The van der Waals surface area contributed by atoms with Gasteiger partial charge in [-0.15, -0.1) is 11.3 Å². The molecule has 0 radical (unpaired) electrons. The molecule has 166 valence electrons. The van der Waals surface area contributed by atoms with E-state index in [0.29, 0.717) is 11.4 Å². The van der Waals surface area contributed by atoms with E-state index >= 15 is 0 Å². The Morgan fingerprint density at radius 2 is 2.09 bits per heavy atom. The van der Waals surface area contributed by atoms with Gasteiger partial charge in [0.05, 0.1) is 29.5 Å². The average Bonchev–Trinajstić information content (AvgIpc) is 3.57. The van der Waals surface area contributed by atoms with Gasteiger partial charge in [0, 0.05) is 25.1 Å². The first-order valence-electron chi connectivity index (χ1n) is 10.1. The smallest absolute Gasteiger partial charge is 0.290 e. The molecule has 0 aliphatic carbocycles. The van der Waals surface area contributed by atoms with Gasteiger partial charge < -0.3 is 14.1 Å². The minimum Gasteiger partial charge on any atom is -0.459 e. The van der Waals surface area contributed by atoms with Gasteiger partial charge in [0.1, 0.15) is 6.54 Å². The number of nitrogens with zero attached hydrogens (tertiary/aromatic N) is 3. The first-order chi connectivity index (χ1) is 15.6. The molecule has 0 spiro atoms. The molecule has 4 rings (SSSR count). The molecule has 1 aliphatic heterocycles. The van der Waals surface area contributed by atoms with Crippen LogP contribution in [0.1, 0.15) is 33.5 Å². The number of furan rings is 1. The molecule has 0 saturated carbocycles. The lowest BCUT2D eigenvalue weighted by Crippen LogP contribution is -2.42. The maximum absolute atomic E-state index is 13.4. The molecule has 0 saturated heterocycles. The van der Waals surface area contributed by atoms with Crippen LogP contribution in [0.3, 0.4) is 0 Å². The molecule has 1 atom stereocenters. The van der Waals surface area contributed by atoms with Crippen molar-refractivity contribution in [3.05, 3.63) is 81.4 Å². The molecule has 7 nitrogen and oxygen atoms in total. The van der Waals surface area contributed by atoms with Crippen LogP contribution in [0.4, 0.5) is 0 Å². The monoisotopic (exact) mass is 471 g/mol. The summed E-state index contributed by atoms with van der Waals surface area (Å²) in [7, 11) is 1.54. The van der Waals surface area contributed by atoms with E-state index in [9.17, 15) is 9.59 Å². The predicted molar refractivity (Wildman–Crippen MR) is 123 cm³/mol. The summed E-state index contributed by atoms with van der Waals surface area (Å²) in [6.07, 6.45) is 1.97. The van der Waals surface area contributed by atoms with Crippen LogP contribution in [0.25, 0.3) is 0 Å². The van der Waals surface area contributed by atoms with E-state index in [1.807, 2.05) is 35.7 Å². The second kappa shape index (κ2) is 10.1. The second-order valence-electron chi connectivity index (χ2n) is 7.20. The normalized spacial score (nSPS) is 15.6. The maximum atomic E-state index is 13.4. The third kappa shape index (κ3) is 4.77. The summed E-state index contributed by atoms with van der Waals surface area (Å²) < 4.78 is 10.4. The number of hydrazone groups is 1. The molecule has 0 fully saturated rings. The van der Waals surface area contributed by atoms with Gasteiger partial charge in [0.25, 0.3) is 11.8 Å². The Bertz CT molecular complexity index is 1100. The molecule has 3 heterocycles. The summed E-state index contributed by atoms with van der Waals surface area (Å²) in [5.41, 5.74) is 1.64. The van der Waals surface area contributed by atoms with Gasteiger partial charge in [-0.2, -0.15) is 5.10 Å². The van der Waals surface area contributed by atoms with Crippen LogP contribution >= 0.6 is 22.9 Å². The quantitative estimate of drug-likeness (QED) is 0.486. The van der Waals surface area contributed by atoms with Crippen molar-refractivity contribution in [2.24, 2.45) is 5.10 Å². The van der Waals surface area contributed by atoms with E-state index in [2.05, 4.69) is 5.10 Å². The molecule has 2 amide bonds. The summed E-state index contributed by atoms with van der Waals surface area (Å²) in [5, 5.41) is 8.64. The number of hydrogen-bond donors (Lipinski definition) is 0. The molecule has 1 unspecified atom stereocenters. The van der Waals surface area contributed by atoms with E-state index < -0.39 is 0 Å². The number of methoxy groups -OCH3 is 1. The molecule has 32 heavy (non-hydrogen) atoms. The van der Waals surface area contributed by atoms with Crippen molar-refractivity contribution in [2.75, 3.05) is 26.8 Å². The number of halogens is 1. The van der Waals surface area contributed by atoms with Crippen molar-refractivity contribution < 1.29 is 18.7 Å². The zero-order chi connectivity index (χ0) is 22.5. The third-order valence-corrected chi connectivity index (χ3v) is 6.41. The SMILES string of the molecule is COCCN(CC(=O)N1N=C(c2cccs2)CC1c1ccccc1Cl)C(=O)c1ccco1. The van der Waals surface area contributed by atoms with Gasteiger partial charge in [-0.1, -0.05) is 35.9 Å². The number of ether oxygens (including phenoxy) is 1. The lowest BCUT2D eigenvalue weighted by Gasteiger charge is -2.26. The van der Waals surface area contributed by atoms with Crippen LogP contribution in [0.5, 0.6) is 0 Å². The van der Waals surface area contributed by atoms with Gasteiger partial charge in [0.15, 0.2) is 5.76 Å². The molecule has 0 N–H and O–H groups in total. The van der Waals surface area contributed by atoms with E-state index in [4.69, 9.17) is 20.8 Å². The van der Waals surface area contributed by atoms with Gasteiger partial charge in [0.2, 0.25) is 0 Å². The number of carbonyl (C=O) groups is 2. The van der Waals surface area contributed by atoms with Gasteiger partial charge in [-0.25, -0.2) is 5.01 Å². The highest BCUT2D eigenvalue weighted by atomic mass is 35.5. The zero-order valence-corrected chi connectivity index (χ0v) is 19.0. The minimum atomic E-state index is -0.378. The molecular formula is C23H22ClN3O4S. The van der Waals surface area contributed by atoms with Crippen molar-refractivity contribution in [2.45, 2.75) is 12.5 Å². The second-order valence-corrected chi connectivity index (χ2v) is 8.56. The fourth-order valence-electron chi connectivity index (χ4n) is 3.57. The number of amides is 2. The van der Waals surface area contributed by atoms with Gasteiger partial charge >= 0.3 is 0 Å². The largest absolute Gasteiger partial charge is 0.459 e. The Morgan fingerprint density at radius 1 is 1.25 bits per heavy atom. The number of carbonyl (C=O) groups excluding carboxylic acids is 2. The van der Waals surface area contributed by atoms with Crippen LogP contribution in [-0.4, -0.2) is 54.2 Å². The van der Waals surface area contributed by atoms with Crippen LogP contribution < -0.4 is 0 Å². The Morgan fingerprint density at radius 3 is 2.78 bits per heavy atom. The zero-order valence-electron chi connectivity index (χ0n) is 17.4. The number of benzene rings is 1.